The summed E-state index contributed by atoms with van der Waals surface area (Å²) in [5.74, 6) is 1.83. The van der Waals surface area contributed by atoms with Crippen molar-refractivity contribution in [2.45, 2.75) is 31.5 Å². The van der Waals surface area contributed by atoms with E-state index in [1.54, 1.807) is 6.33 Å². The molecule has 2 aliphatic heterocycles. The molecule has 1 saturated heterocycles. The number of rotatable bonds is 4. The van der Waals surface area contributed by atoms with E-state index in [1.165, 1.54) is 11.3 Å². The van der Waals surface area contributed by atoms with Gasteiger partial charge in [0.1, 0.15) is 18.0 Å². The summed E-state index contributed by atoms with van der Waals surface area (Å²) < 4.78 is 0. The van der Waals surface area contributed by atoms with Gasteiger partial charge >= 0.3 is 0 Å². The number of nitrogens with zero attached hydrogens (tertiary/aromatic N) is 6. The van der Waals surface area contributed by atoms with Crippen molar-refractivity contribution >= 4 is 11.6 Å². The predicted octanol–water partition coefficient (Wildman–Crippen LogP) is 0.264. The molecule has 134 valence electrons. The molecule has 0 spiro atoms. The number of aliphatic hydroxyl groups excluding tert-OH is 1. The van der Waals surface area contributed by atoms with Crippen LogP contribution in [0.1, 0.15) is 17.7 Å². The van der Waals surface area contributed by atoms with Gasteiger partial charge in [-0.25, -0.2) is 9.97 Å². The minimum absolute atomic E-state index is 0.273. The van der Waals surface area contributed by atoms with Crippen LogP contribution in [0.5, 0.6) is 0 Å². The molecule has 4 rings (SSSR count). The summed E-state index contributed by atoms with van der Waals surface area (Å²) in [7, 11) is 4.12. The molecule has 0 aliphatic carbocycles. The summed E-state index contributed by atoms with van der Waals surface area (Å²) >= 11 is 0. The van der Waals surface area contributed by atoms with Crippen LogP contribution in [0, 0.1) is 0 Å². The van der Waals surface area contributed by atoms with E-state index in [0.717, 1.165) is 44.1 Å². The number of aliphatic hydroxyl groups is 1. The number of likely N-dealkylation sites (N-methyl/N-ethyl adjacent to an activating group) is 1. The molecule has 1 fully saturated rings. The van der Waals surface area contributed by atoms with E-state index < -0.39 is 0 Å². The van der Waals surface area contributed by atoms with Gasteiger partial charge in [-0.1, -0.05) is 0 Å². The van der Waals surface area contributed by atoms with Gasteiger partial charge in [0.15, 0.2) is 0 Å². The highest BCUT2D eigenvalue weighted by atomic mass is 16.3. The molecule has 2 aromatic rings. The second kappa shape index (κ2) is 6.61. The van der Waals surface area contributed by atoms with E-state index in [1.807, 2.05) is 12.3 Å². The zero-order valence-corrected chi connectivity index (χ0v) is 14.8. The van der Waals surface area contributed by atoms with E-state index in [0.29, 0.717) is 6.54 Å². The highest BCUT2D eigenvalue weighted by Gasteiger charge is 2.32. The van der Waals surface area contributed by atoms with E-state index in [4.69, 9.17) is 0 Å². The molecule has 0 unspecified atom stereocenters. The second-order valence-corrected chi connectivity index (χ2v) is 7.24. The van der Waals surface area contributed by atoms with Crippen molar-refractivity contribution in [3.05, 3.63) is 29.8 Å². The molecule has 2 N–H and O–H groups in total. The maximum atomic E-state index is 10.1. The smallest absolute Gasteiger partial charge is 0.134 e. The van der Waals surface area contributed by atoms with Crippen molar-refractivity contribution in [1.29, 1.82) is 0 Å². The van der Waals surface area contributed by atoms with Crippen LogP contribution in [0.2, 0.25) is 0 Å². The van der Waals surface area contributed by atoms with Crippen molar-refractivity contribution in [2.75, 3.05) is 43.5 Å². The zero-order chi connectivity index (χ0) is 17.4. The summed E-state index contributed by atoms with van der Waals surface area (Å²) in [6.07, 6.45) is 4.95. The van der Waals surface area contributed by atoms with Crippen LogP contribution in [-0.2, 0) is 13.0 Å². The third-order valence-corrected chi connectivity index (χ3v) is 5.03. The fraction of sp³-hybridized carbons (Fsp3) is 0.588. The average Bonchev–Trinajstić information content (AvgIpc) is 3.20. The van der Waals surface area contributed by atoms with Gasteiger partial charge in [-0.05, 0) is 20.5 Å². The van der Waals surface area contributed by atoms with Gasteiger partial charge in [0, 0.05) is 56.0 Å². The summed E-state index contributed by atoms with van der Waals surface area (Å²) in [5.41, 5.74) is 2.45. The fourth-order valence-corrected chi connectivity index (χ4v) is 3.85. The normalized spacial score (nSPS) is 23.4. The molecule has 0 amide bonds. The number of hydrogen-bond donors (Lipinski definition) is 2. The first-order valence-corrected chi connectivity index (χ1v) is 8.77. The summed E-state index contributed by atoms with van der Waals surface area (Å²) in [4.78, 5) is 15.6. The number of anilines is 2. The standard InChI is InChI=1S/C17H25N7O/c1-22(2)9-13-5-14(25)10-24(13)17-6-16(18-11-19-17)23-4-3-15-12(8-23)7-20-21-15/h6-7,11,13-14,25H,3-5,8-10H2,1-2H3,(H,20,21)/t13-,14-/m1/s1. The molecular formula is C17H25N7O. The van der Waals surface area contributed by atoms with Gasteiger partial charge in [0.25, 0.3) is 0 Å². The van der Waals surface area contributed by atoms with Crippen LogP contribution < -0.4 is 9.80 Å². The molecule has 0 saturated carbocycles. The van der Waals surface area contributed by atoms with E-state index >= 15 is 0 Å². The fourth-order valence-electron chi connectivity index (χ4n) is 3.85. The number of nitrogens with one attached hydrogen (secondary N) is 1. The maximum absolute atomic E-state index is 10.1. The molecule has 25 heavy (non-hydrogen) atoms. The predicted molar refractivity (Wildman–Crippen MR) is 95.7 cm³/mol. The lowest BCUT2D eigenvalue weighted by Gasteiger charge is -2.30. The van der Waals surface area contributed by atoms with Gasteiger partial charge in [-0.3, -0.25) is 5.10 Å². The van der Waals surface area contributed by atoms with Crippen molar-refractivity contribution < 1.29 is 5.11 Å². The molecule has 0 aromatic carbocycles. The Kier molecular flexibility index (Phi) is 4.30. The van der Waals surface area contributed by atoms with Crippen molar-refractivity contribution in [2.24, 2.45) is 0 Å². The molecule has 4 heterocycles. The molecule has 2 atom stereocenters. The number of H-pyrrole nitrogens is 1. The average molecular weight is 343 g/mol. The van der Waals surface area contributed by atoms with E-state index in [2.05, 4.69) is 49.0 Å². The van der Waals surface area contributed by atoms with Crippen molar-refractivity contribution in [3.8, 4) is 0 Å². The van der Waals surface area contributed by atoms with E-state index in [9.17, 15) is 5.11 Å². The van der Waals surface area contributed by atoms with Crippen LogP contribution in [0.3, 0.4) is 0 Å². The highest BCUT2D eigenvalue weighted by molar-refractivity contribution is 5.52. The van der Waals surface area contributed by atoms with Gasteiger partial charge in [-0.15, -0.1) is 0 Å². The van der Waals surface area contributed by atoms with Gasteiger partial charge in [-0.2, -0.15) is 5.10 Å². The Labute approximate surface area is 147 Å². The third-order valence-electron chi connectivity index (χ3n) is 5.03. The van der Waals surface area contributed by atoms with Crippen LogP contribution >= 0.6 is 0 Å². The molecule has 8 heteroatoms. The Balaban J connectivity index is 1.55. The summed E-state index contributed by atoms with van der Waals surface area (Å²) in [6.45, 7) is 3.25. The van der Waals surface area contributed by atoms with E-state index in [-0.39, 0.29) is 12.1 Å². The van der Waals surface area contributed by atoms with Gasteiger partial charge in [0.2, 0.25) is 0 Å². The topological polar surface area (TPSA) is 84.4 Å². The van der Waals surface area contributed by atoms with Gasteiger partial charge < -0.3 is 19.8 Å². The number of fused-ring (bicyclic) bond motifs is 1. The van der Waals surface area contributed by atoms with Crippen LogP contribution in [0.4, 0.5) is 11.6 Å². The molecule has 0 bridgehead atoms. The Bertz CT molecular complexity index is 731. The number of aromatic amines is 1. The lowest BCUT2D eigenvalue weighted by molar-refractivity contribution is 0.191. The van der Waals surface area contributed by atoms with Crippen LogP contribution in [-0.4, -0.2) is 76.0 Å². The Morgan fingerprint density at radius 1 is 1.32 bits per heavy atom. The quantitative estimate of drug-likeness (QED) is 0.824. The second-order valence-electron chi connectivity index (χ2n) is 7.24. The van der Waals surface area contributed by atoms with Gasteiger partial charge in [0.05, 0.1) is 12.3 Å². The number of aromatic nitrogens is 4. The maximum Gasteiger partial charge on any atom is 0.134 e. The van der Waals surface area contributed by atoms with Crippen molar-refractivity contribution in [1.82, 2.24) is 25.1 Å². The Morgan fingerprint density at radius 2 is 2.16 bits per heavy atom. The molecule has 0 radical (unpaired) electrons. The summed E-state index contributed by atoms with van der Waals surface area (Å²) in [6, 6.07) is 2.32. The molecule has 2 aliphatic rings. The molecule has 2 aromatic heterocycles. The van der Waals surface area contributed by atoms with Crippen molar-refractivity contribution in [3.63, 3.8) is 0 Å². The van der Waals surface area contributed by atoms with Crippen LogP contribution in [0.25, 0.3) is 0 Å². The molecule has 8 nitrogen and oxygen atoms in total. The van der Waals surface area contributed by atoms with Crippen LogP contribution in [0.15, 0.2) is 18.6 Å². The Hall–Kier alpha value is -2.19. The SMILES string of the molecule is CN(C)C[C@H]1C[C@@H](O)CN1c1cc(N2CCc3[nH]ncc3C2)ncn1. The number of β-amino-alcohol motifs (C(OH)–C–C–N with tert-alkyl or cyclic N) is 1. The first kappa shape index (κ1) is 16.3. The highest BCUT2D eigenvalue weighted by Crippen LogP contribution is 2.28. The minimum atomic E-state index is -0.299. The first-order chi connectivity index (χ1) is 12.1. The largest absolute Gasteiger partial charge is 0.391 e. The lowest BCUT2D eigenvalue weighted by Crippen LogP contribution is -2.38. The Morgan fingerprint density at radius 3 is 3.00 bits per heavy atom. The lowest BCUT2D eigenvalue weighted by atomic mass is 10.1. The monoisotopic (exact) mass is 343 g/mol. The minimum Gasteiger partial charge on any atom is -0.391 e. The third kappa shape index (κ3) is 3.32. The molecular weight excluding hydrogens is 318 g/mol. The number of hydrogen-bond acceptors (Lipinski definition) is 7. The first-order valence-electron chi connectivity index (χ1n) is 8.77. The summed E-state index contributed by atoms with van der Waals surface area (Å²) in [5, 5.41) is 17.3. The zero-order valence-electron chi connectivity index (χ0n) is 14.8.